The molecule has 1 N–H and O–H groups in total. The average molecular weight is 397 g/mol. The topological polar surface area (TPSA) is 109 Å². The van der Waals surface area contributed by atoms with Gasteiger partial charge in [0.1, 0.15) is 0 Å². The van der Waals surface area contributed by atoms with Gasteiger partial charge in [-0.3, -0.25) is 14.6 Å². The van der Waals surface area contributed by atoms with E-state index in [-0.39, 0.29) is 31.2 Å². The van der Waals surface area contributed by atoms with Crippen LogP contribution in [-0.4, -0.2) is 47.6 Å². The summed E-state index contributed by atoms with van der Waals surface area (Å²) in [6, 6.07) is 4.86. The number of aryl methyl sites for hydroxylation is 1. The van der Waals surface area contributed by atoms with Crippen molar-refractivity contribution in [3.8, 4) is 0 Å². The third-order valence-electron chi connectivity index (χ3n) is 4.42. The molecule has 1 saturated heterocycles. The summed E-state index contributed by atoms with van der Waals surface area (Å²) in [7, 11) is -3.31. The van der Waals surface area contributed by atoms with Crippen LogP contribution in [0, 0.1) is 0 Å². The zero-order chi connectivity index (χ0) is 18.7. The van der Waals surface area contributed by atoms with Crippen LogP contribution in [0.15, 0.2) is 39.4 Å². The first-order valence-corrected chi connectivity index (χ1v) is 10.8. The van der Waals surface area contributed by atoms with Crippen LogP contribution in [0.1, 0.15) is 23.0 Å². The van der Waals surface area contributed by atoms with Crippen LogP contribution in [0.4, 0.5) is 0 Å². The van der Waals surface area contributed by atoms with Crippen LogP contribution < -0.4 is 11.2 Å². The van der Waals surface area contributed by atoms with Gasteiger partial charge in [0.15, 0.2) is 9.84 Å². The van der Waals surface area contributed by atoms with E-state index in [1.807, 2.05) is 17.5 Å². The number of hydrogen-bond donors (Lipinski definition) is 1. The quantitative estimate of drug-likeness (QED) is 0.802. The molecule has 1 aliphatic heterocycles. The lowest BCUT2D eigenvalue weighted by Crippen LogP contribution is -2.35. The van der Waals surface area contributed by atoms with Gasteiger partial charge >= 0.3 is 5.69 Å². The zero-order valence-electron chi connectivity index (χ0n) is 14.0. The van der Waals surface area contributed by atoms with Crippen LogP contribution in [-0.2, 0) is 21.2 Å². The van der Waals surface area contributed by atoms with E-state index in [0.717, 1.165) is 4.88 Å². The van der Waals surface area contributed by atoms with E-state index in [0.29, 0.717) is 13.0 Å². The van der Waals surface area contributed by atoms with E-state index in [1.165, 1.54) is 28.2 Å². The number of aromatic nitrogens is 2. The van der Waals surface area contributed by atoms with Gasteiger partial charge in [-0.2, -0.15) is 0 Å². The SMILES string of the molecule is O=C(CCn1ccc(=O)[nH]c1=O)N1CCC(c2cccs2)S(=O)(=O)CC1. The summed E-state index contributed by atoms with van der Waals surface area (Å²) in [5.41, 5.74) is -1.06. The standard InChI is InChI=1S/C16H19N3O5S2/c20-14-4-7-19(16(22)17-14)8-5-15(21)18-6-3-13(12-2-1-10-25-12)26(23,24)11-9-18/h1-2,4,7,10,13H,3,5-6,8-9,11H2,(H,17,20,22). The predicted octanol–water partition coefficient (Wildman–Crippen LogP) is 0.377. The maximum atomic E-state index is 12.5. The minimum absolute atomic E-state index is 0.0651. The second-order valence-electron chi connectivity index (χ2n) is 6.09. The van der Waals surface area contributed by atoms with Crippen molar-refractivity contribution >= 4 is 27.1 Å². The third kappa shape index (κ3) is 4.13. The van der Waals surface area contributed by atoms with Crippen molar-refractivity contribution in [3.05, 3.63) is 55.5 Å². The Bertz CT molecular complexity index is 991. The smallest absolute Gasteiger partial charge is 0.328 e. The molecular formula is C16H19N3O5S2. The predicted molar refractivity (Wildman–Crippen MR) is 98.0 cm³/mol. The van der Waals surface area contributed by atoms with Crippen molar-refractivity contribution in [2.24, 2.45) is 0 Å². The van der Waals surface area contributed by atoms with Gasteiger partial charge in [-0.05, 0) is 17.9 Å². The van der Waals surface area contributed by atoms with Gasteiger partial charge in [-0.25, -0.2) is 13.2 Å². The molecule has 1 aliphatic rings. The lowest BCUT2D eigenvalue weighted by atomic mass is 10.2. The van der Waals surface area contributed by atoms with E-state index in [1.54, 1.807) is 4.90 Å². The highest BCUT2D eigenvalue weighted by atomic mass is 32.2. The number of hydrogen-bond acceptors (Lipinski definition) is 6. The number of rotatable bonds is 4. The molecule has 8 nitrogen and oxygen atoms in total. The minimum atomic E-state index is -3.31. The number of carbonyl (C=O) groups excluding carboxylic acids is 1. The first-order valence-electron chi connectivity index (χ1n) is 8.19. The van der Waals surface area contributed by atoms with Crippen LogP contribution in [0.5, 0.6) is 0 Å². The Morgan fingerprint density at radius 1 is 1.27 bits per heavy atom. The second kappa shape index (κ2) is 7.58. The molecule has 1 unspecified atom stereocenters. The molecule has 2 aromatic rings. The molecule has 26 heavy (non-hydrogen) atoms. The molecule has 3 rings (SSSR count). The van der Waals surface area contributed by atoms with Gasteiger partial charge in [0.2, 0.25) is 5.91 Å². The van der Waals surface area contributed by atoms with Gasteiger partial charge in [0.05, 0.1) is 11.0 Å². The number of thiophene rings is 1. The van der Waals surface area contributed by atoms with E-state index >= 15 is 0 Å². The third-order valence-corrected chi connectivity index (χ3v) is 7.66. The van der Waals surface area contributed by atoms with Gasteiger partial charge in [-0.15, -0.1) is 11.3 Å². The molecule has 0 saturated carbocycles. The number of nitrogens with zero attached hydrogens (tertiary/aromatic N) is 2. The summed E-state index contributed by atoms with van der Waals surface area (Å²) in [6.07, 6.45) is 1.77. The number of nitrogens with one attached hydrogen (secondary N) is 1. The number of H-pyrrole nitrogens is 1. The van der Waals surface area contributed by atoms with Crippen molar-refractivity contribution in [1.82, 2.24) is 14.5 Å². The molecule has 0 spiro atoms. The molecule has 0 radical (unpaired) electrons. The second-order valence-corrected chi connectivity index (χ2v) is 9.38. The number of aromatic amines is 1. The molecular weight excluding hydrogens is 378 g/mol. The molecule has 10 heteroatoms. The van der Waals surface area contributed by atoms with Crippen LogP contribution >= 0.6 is 11.3 Å². The fraction of sp³-hybridized carbons (Fsp3) is 0.438. The Morgan fingerprint density at radius 3 is 2.77 bits per heavy atom. The highest BCUT2D eigenvalue weighted by molar-refractivity contribution is 7.91. The van der Waals surface area contributed by atoms with E-state index < -0.39 is 26.3 Å². The Morgan fingerprint density at radius 2 is 2.08 bits per heavy atom. The first kappa shape index (κ1) is 18.6. The van der Waals surface area contributed by atoms with Crippen LogP contribution in [0.3, 0.4) is 0 Å². The lowest BCUT2D eigenvalue weighted by molar-refractivity contribution is -0.131. The highest BCUT2D eigenvalue weighted by Crippen LogP contribution is 2.32. The molecule has 1 atom stereocenters. The highest BCUT2D eigenvalue weighted by Gasteiger charge is 2.33. The summed E-state index contributed by atoms with van der Waals surface area (Å²) in [5, 5.41) is 1.28. The molecule has 0 bridgehead atoms. The van der Waals surface area contributed by atoms with Crippen LogP contribution in [0.2, 0.25) is 0 Å². The van der Waals surface area contributed by atoms with E-state index in [2.05, 4.69) is 4.98 Å². The maximum absolute atomic E-state index is 12.5. The van der Waals surface area contributed by atoms with Gasteiger partial charge in [0.25, 0.3) is 5.56 Å². The van der Waals surface area contributed by atoms with Crippen molar-refractivity contribution in [2.75, 3.05) is 18.8 Å². The summed E-state index contributed by atoms with van der Waals surface area (Å²) in [5.74, 6) is -0.273. The lowest BCUT2D eigenvalue weighted by Gasteiger charge is -2.20. The van der Waals surface area contributed by atoms with Crippen molar-refractivity contribution in [3.63, 3.8) is 0 Å². The normalized spacial score (nSPS) is 19.8. The van der Waals surface area contributed by atoms with Gasteiger partial charge in [-0.1, -0.05) is 6.07 Å². The monoisotopic (exact) mass is 397 g/mol. The summed E-state index contributed by atoms with van der Waals surface area (Å²) in [4.78, 5) is 39.6. The Labute approximate surface area is 154 Å². The Hall–Kier alpha value is -2.20. The number of amides is 1. The molecule has 140 valence electrons. The van der Waals surface area contributed by atoms with Crippen LogP contribution in [0.25, 0.3) is 0 Å². The van der Waals surface area contributed by atoms with Crippen molar-refractivity contribution < 1.29 is 13.2 Å². The first-order chi connectivity index (χ1) is 12.4. The Kier molecular flexibility index (Phi) is 5.42. The fourth-order valence-electron chi connectivity index (χ4n) is 2.98. The molecule has 2 aromatic heterocycles. The summed E-state index contributed by atoms with van der Waals surface area (Å²) in [6.45, 7) is 0.650. The van der Waals surface area contributed by atoms with Crippen molar-refractivity contribution in [1.29, 1.82) is 0 Å². The zero-order valence-corrected chi connectivity index (χ0v) is 15.6. The molecule has 0 aromatic carbocycles. The molecule has 0 aliphatic carbocycles. The van der Waals surface area contributed by atoms with E-state index in [9.17, 15) is 22.8 Å². The summed E-state index contributed by atoms with van der Waals surface area (Å²) >= 11 is 1.41. The average Bonchev–Trinajstić information content (AvgIpc) is 3.05. The fourth-order valence-corrected chi connectivity index (χ4v) is 5.99. The number of sulfone groups is 1. The largest absolute Gasteiger partial charge is 0.342 e. The molecule has 1 fully saturated rings. The molecule has 3 heterocycles. The minimum Gasteiger partial charge on any atom is -0.342 e. The summed E-state index contributed by atoms with van der Waals surface area (Å²) < 4.78 is 26.3. The van der Waals surface area contributed by atoms with Crippen molar-refractivity contribution in [2.45, 2.75) is 24.6 Å². The van der Waals surface area contributed by atoms with Gasteiger partial charge in [0, 0.05) is 43.2 Å². The maximum Gasteiger partial charge on any atom is 0.328 e. The Balaban J connectivity index is 1.65. The number of carbonyl (C=O) groups is 1. The van der Waals surface area contributed by atoms with Gasteiger partial charge < -0.3 is 9.47 Å². The van der Waals surface area contributed by atoms with E-state index in [4.69, 9.17) is 0 Å². The molecule has 1 amide bonds.